The molecule has 1 fully saturated rings. The Bertz CT molecular complexity index is 621. The summed E-state index contributed by atoms with van der Waals surface area (Å²) < 4.78 is 0. The number of carbonyl (C=O) groups is 3. The minimum Gasteiger partial charge on any atom is -0.325 e. The Morgan fingerprint density at radius 3 is 2.73 bits per heavy atom. The number of benzene rings is 1. The minimum atomic E-state index is -0.201. The first kappa shape index (κ1) is 16.8. The zero-order valence-electron chi connectivity index (χ0n) is 12.4. The summed E-state index contributed by atoms with van der Waals surface area (Å²) in [5.41, 5.74) is 1.23. The minimum absolute atomic E-state index is 0.0255. The summed E-state index contributed by atoms with van der Waals surface area (Å²) in [6, 6.07) is 5.12. The van der Waals surface area contributed by atoms with Crippen molar-refractivity contribution < 1.29 is 14.4 Å². The molecule has 0 aromatic heterocycles. The van der Waals surface area contributed by atoms with Gasteiger partial charge in [0.15, 0.2) is 5.12 Å². The van der Waals surface area contributed by atoms with Crippen LogP contribution >= 0.6 is 23.4 Å². The van der Waals surface area contributed by atoms with Gasteiger partial charge in [-0.1, -0.05) is 23.4 Å². The normalized spacial score (nSPS) is 17.7. The van der Waals surface area contributed by atoms with Crippen molar-refractivity contribution in [2.24, 2.45) is 5.92 Å². The molecule has 2 amide bonds. The molecule has 5 nitrogen and oxygen atoms in total. The van der Waals surface area contributed by atoms with Gasteiger partial charge in [0, 0.05) is 38.3 Å². The number of nitrogens with zero attached hydrogens (tertiary/aromatic N) is 1. The van der Waals surface area contributed by atoms with E-state index in [0.29, 0.717) is 35.1 Å². The summed E-state index contributed by atoms with van der Waals surface area (Å²) in [4.78, 5) is 35.9. The van der Waals surface area contributed by atoms with E-state index in [1.165, 1.54) is 25.6 Å². The number of carbonyl (C=O) groups excluding carboxylic acids is 3. The summed E-state index contributed by atoms with van der Waals surface area (Å²) >= 11 is 7.39. The lowest BCUT2D eigenvalue weighted by Crippen LogP contribution is -2.24. The Hall–Kier alpha value is -1.53. The number of nitrogens with one attached hydrogen (secondary N) is 1. The highest BCUT2D eigenvalue weighted by Crippen LogP contribution is 2.32. The quantitative estimate of drug-likeness (QED) is 0.915. The van der Waals surface area contributed by atoms with E-state index in [2.05, 4.69) is 5.32 Å². The summed E-state index contributed by atoms with van der Waals surface area (Å²) in [6.45, 7) is 3.51. The third-order valence-electron chi connectivity index (χ3n) is 3.30. The smallest absolute Gasteiger partial charge is 0.227 e. The lowest BCUT2D eigenvalue weighted by molar-refractivity contribution is -0.117. The fraction of sp³-hybridized carbons (Fsp3) is 0.400. The second-order valence-corrected chi connectivity index (χ2v) is 6.83. The molecule has 1 N–H and O–H groups in total. The third kappa shape index (κ3) is 4.24. The second kappa shape index (κ2) is 7.15. The second-order valence-electron chi connectivity index (χ2n) is 5.22. The topological polar surface area (TPSA) is 66.5 Å². The first-order chi connectivity index (χ1) is 10.4. The van der Waals surface area contributed by atoms with Gasteiger partial charge in [-0.2, -0.15) is 0 Å². The summed E-state index contributed by atoms with van der Waals surface area (Å²) in [5.74, 6) is 0.635. The molecule has 1 aliphatic rings. The van der Waals surface area contributed by atoms with Crippen LogP contribution in [0.15, 0.2) is 18.2 Å². The summed E-state index contributed by atoms with van der Waals surface area (Å²) in [6.07, 6.45) is 0.436. The van der Waals surface area contributed by atoms with Crippen LogP contribution in [0.5, 0.6) is 0 Å². The maximum Gasteiger partial charge on any atom is 0.227 e. The molecule has 1 aliphatic heterocycles. The predicted octanol–water partition coefficient (Wildman–Crippen LogP) is 2.93. The molecule has 118 valence electrons. The number of hydrogen-bond acceptors (Lipinski definition) is 4. The molecule has 0 saturated carbocycles. The molecule has 0 radical (unpaired) electrons. The van der Waals surface area contributed by atoms with Crippen LogP contribution in [0.2, 0.25) is 5.02 Å². The van der Waals surface area contributed by atoms with Gasteiger partial charge in [-0.25, -0.2) is 0 Å². The Morgan fingerprint density at radius 1 is 1.41 bits per heavy atom. The van der Waals surface area contributed by atoms with E-state index in [9.17, 15) is 14.4 Å². The molecule has 7 heteroatoms. The lowest BCUT2D eigenvalue weighted by atomic mass is 10.1. The van der Waals surface area contributed by atoms with Gasteiger partial charge in [0.1, 0.15) is 0 Å². The number of rotatable bonds is 4. The molecule has 0 bridgehead atoms. The third-order valence-corrected chi connectivity index (χ3v) is 4.66. The molecule has 2 rings (SSSR count). The van der Waals surface area contributed by atoms with Crippen molar-refractivity contribution in [1.29, 1.82) is 0 Å². The molecule has 0 spiro atoms. The van der Waals surface area contributed by atoms with E-state index >= 15 is 0 Å². The molecule has 22 heavy (non-hydrogen) atoms. The van der Waals surface area contributed by atoms with E-state index in [-0.39, 0.29) is 22.8 Å². The molecule has 1 atom stereocenters. The average Bonchev–Trinajstić information content (AvgIpc) is 2.79. The summed E-state index contributed by atoms with van der Waals surface area (Å²) in [7, 11) is 0. The monoisotopic (exact) mass is 340 g/mol. The van der Waals surface area contributed by atoms with Crippen molar-refractivity contribution in [1.82, 2.24) is 0 Å². The molecular weight excluding hydrogens is 324 g/mol. The van der Waals surface area contributed by atoms with E-state index in [1.54, 1.807) is 23.1 Å². The van der Waals surface area contributed by atoms with Crippen LogP contribution in [0.1, 0.15) is 20.3 Å². The Labute approximate surface area is 138 Å². The van der Waals surface area contributed by atoms with Crippen molar-refractivity contribution in [3.8, 4) is 0 Å². The molecular formula is C15H17ClN2O3S. The van der Waals surface area contributed by atoms with Crippen molar-refractivity contribution in [2.75, 3.05) is 22.5 Å². The van der Waals surface area contributed by atoms with Crippen molar-refractivity contribution in [3.63, 3.8) is 0 Å². The number of thioether (sulfide) groups is 1. The van der Waals surface area contributed by atoms with Gasteiger partial charge in [0.25, 0.3) is 0 Å². The van der Waals surface area contributed by atoms with Gasteiger partial charge < -0.3 is 10.2 Å². The first-order valence-corrected chi connectivity index (χ1v) is 8.24. The SMILES string of the molecule is CC(=O)Nc1ccc(N2CC(CSC(C)=O)CC2=O)cc1Cl. The van der Waals surface area contributed by atoms with Gasteiger partial charge in [-0.05, 0) is 24.1 Å². The van der Waals surface area contributed by atoms with E-state index in [0.717, 1.165) is 0 Å². The standard InChI is InChI=1S/C15H17ClN2O3S/c1-9(19)17-14-4-3-12(6-13(14)16)18-7-11(5-15(18)21)8-22-10(2)20/h3-4,6,11H,5,7-8H2,1-2H3,(H,17,19). The fourth-order valence-corrected chi connectivity index (χ4v) is 3.26. The molecule has 1 aromatic rings. The molecule has 1 heterocycles. The number of hydrogen-bond donors (Lipinski definition) is 1. The van der Waals surface area contributed by atoms with E-state index in [4.69, 9.17) is 11.6 Å². The van der Waals surface area contributed by atoms with Gasteiger partial charge >= 0.3 is 0 Å². The van der Waals surface area contributed by atoms with Gasteiger partial charge in [0.05, 0.1) is 10.7 Å². The van der Waals surface area contributed by atoms with Gasteiger partial charge in [0.2, 0.25) is 11.8 Å². The fourth-order valence-electron chi connectivity index (χ4n) is 2.34. The summed E-state index contributed by atoms with van der Waals surface area (Å²) in [5, 5.41) is 3.08. The molecule has 1 unspecified atom stereocenters. The highest BCUT2D eigenvalue weighted by molar-refractivity contribution is 8.13. The van der Waals surface area contributed by atoms with Crippen LogP contribution in [-0.2, 0) is 14.4 Å². The average molecular weight is 341 g/mol. The first-order valence-electron chi connectivity index (χ1n) is 6.87. The number of amides is 2. The van der Waals surface area contributed by atoms with Crippen LogP contribution in [0, 0.1) is 5.92 Å². The zero-order valence-corrected chi connectivity index (χ0v) is 14.0. The van der Waals surface area contributed by atoms with Crippen LogP contribution < -0.4 is 10.2 Å². The van der Waals surface area contributed by atoms with E-state index < -0.39 is 0 Å². The van der Waals surface area contributed by atoms with E-state index in [1.807, 2.05) is 0 Å². The lowest BCUT2D eigenvalue weighted by Gasteiger charge is -2.18. The number of halogens is 1. The van der Waals surface area contributed by atoms with Crippen molar-refractivity contribution in [2.45, 2.75) is 20.3 Å². The highest BCUT2D eigenvalue weighted by Gasteiger charge is 2.31. The largest absolute Gasteiger partial charge is 0.325 e. The van der Waals surface area contributed by atoms with Gasteiger partial charge in [-0.15, -0.1) is 0 Å². The van der Waals surface area contributed by atoms with Crippen LogP contribution in [0.3, 0.4) is 0 Å². The maximum atomic E-state index is 12.1. The maximum absolute atomic E-state index is 12.1. The highest BCUT2D eigenvalue weighted by atomic mass is 35.5. The van der Waals surface area contributed by atoms with Gasteiger partial charge in [-0.3, -0.25) is 14.4 Å². The van der Waals surface area contributed by atoms with Crippen molar-refractivity contribution >= 4 is 51.7 Å². The van der Waals surface area contributed by atoms with Crippen LogP contribution in [0.25, 0.3) is 0 Å². The van der Waals surface area contributed by atoms with Crippen LogP contribution in [-0.4, -0.2) is 29.2 Å². The molecule has 0 aliphatic carbocycles. The molecule has 1 saturated heterocycles. The molecule has 1 aromatic carbocycles. The van der Waals surface area contributed by atoms with Crippen molar-refractivity contribution in [3.05, 3.63) is 23.2 Å². The Kier molecular flexibility index (Phi) is 5.47. The Balaban J connectivity index is 2.08. The number of anilines is 2. The Morgan fingerprint density at radius 2 is 2.14 bits per heavy atom. The predicted molar refractivity (Wildman–Crippen MR) is 89.4 cm³/mol. The van der Waals surface area contributed by atoms with Crippen LogP contribution in [0.4, 0.5) is 11.4 Å². The zero-order chi connectivity index (χ0) is 16.3.